The molecule has 3 rings (SSSR count). The number of hydrogen-bond donors (Lipinski definition) is 1. The van der Waals surface area contributed by atoms with Gasteiger partial charge in [-0.2, -0.15) is 18.2 Å². The summed E-state index contributed by atoms with van der Waals surface area (Å²) in [5, 5.41) is 6.65. The summed E-state index contributed by atoms with van der Waals surface area (Å²) in [6.45, 7) is 2.30. The lowest BCUT2D eigenvalue weighted by atomic mass is 10.1. The fourth-order valence-corrected chi connectivity index (χ4v) is 2.53. The van der Waals surface area contributed by atoms with Crippen LogP contribution in [0.15, 0.2) is 33.8 Å². The summed E-state index contributed by atoms with van der Waals surface area (Å²) in [4.78, 5) is 10.3. The van der Waals surface area contributed by atoms with Crippen molar-refractivity contribution >= 4 is 5.96 Å². The fraction of sp³-hybridized carbons (Fsp3) is 0.438. The molecule has 0 saturated carbocycles. The van der Waals surface area contributed by atoms with Crippen molar-refractivity contribution in [1.82, 2.24) is 20.4 Å². The van der Waals surface area contributed by atoms with Gasteiger partial charge in [-0.25, -0.2) is 0 Å². The smallest absolute Gasteiger partial charge is 0.352 e. The van der Waals surface area contributed by atoms with Crippen LogP contribution in [0.1, 0.15) is 17.8 Å². The molecule has 0 amide bonds. The number of hydrogen-bond acceptors (Lipinski definition) is 6. The monoisotopic (exact) mass is 353 g/mol. The van der Waals surface area contributed by atoms with E-state index in [1.165, 1.54) is 0 Å². The first-order valence-electron chi connectivity index (χ1n) is 7.89. The minimum atomic E-state index is -4.36. The second-order valence-corrected chi connectivity index (χ2v) is 5.84. The minimum Gasteiger partial charge on any atom is -0.352 e. The van der Waals surface area contributed by atoms with Crippen LogP contribution >= 0.6 is 0 Å². The first kappa shape index (κ1) is 17.2. The van der Waals surface area contributed by atoms with Crippen LogP contribution in [0.5, 0.6) is 0 Å². The second kappa shape index (κ2) is 7.12. The van der Waals surface area contributed by atoms with Gasteiger partial charge in [0.25, 0.3) is 5.89 Å². The third-order valence-corrected chi connectivity index (χ3v) is 3.73. The Hall–Kier alpha value is -2.58. The molecule has 0 radical (unpaired) electrons. The molecule has 6 nitrogen and oxygen atoms in total. The topological polar surface area (TPSA) is 66.5 Å². The summed E-state index contributed by atoms with van der Waals surface area (Å²) in [6.07, 6.45) is -4.53. The van der Waals surface area contributed by atoms with Crippen LogP contribution < -0.4 is 5.32 Å². The Balaban J connectivity index is 1.68. The lowest BCUT2D eigenvalue weighted by Gasteiger charge is -2.25. The van der Waals surface area contributed by atoms with Crippen molar-refractivity contribution in [2.75, 3.05) is 20.1 Å². The highest BCUT2D eigenvalue weighted by atomic mass is 19.4. The highest BCUT2D eigenvalue weighted by molar-refractivity contribution is 5.80. The maximum Gasteiger partial charge on any atom is 0.396 e. The molecule has 1 aromatic carbocycles. The molecule has 0 atom stereocenters. The van der Waals surface area contributed by atoms with E-state index in [0.29, 0.717) is 12.1 Å². The van der Waals surface area contributed by atoms with Crippen molar-refractivity contribution in [1.29, 1.82) is 0 Å². The molecular formula is C16H18F3N5O. The Labute approximate surface area is 142 Å². The van der Waals surface area contributed by atoms with Gasteiger partial charge in [-0.1, -0.05) is 17.3 Å². The SMILES string of the molecule is CN1CCCN=C1NCc1cccc(-c2nc(CC(F)(F)F)no2)c1. The van der Waals surface area contributed by atoms with E-state index in [-0.39, 0.29) is 11.7 Å². The lowest BCUT2D eigenvalue weighted by Crippen LogP contribution is -2.41. The van der Waals surface area contributed by atoms with E-state index in [4.69, 9.17) is 4.52 Å². The summed E-state index contributed by atoms with van der Waals surface area (Å²) in [5.74, 6) is 0.541. The van der Waals surface area contributed by atoms with Gasteiger partial charge in [-0.3, -0.25) is 4.99 Å². The predicted octanol–water partition coefficient (Wildman–Crippen LogP) is 2.62. The van der Waals surface area contributed by atoms with Crippen LogP contribution in [-0.2, 0) is 13.0 Å². The standard InChI is InChI=1S/C16H18F3N5O/c1-24-7-3-6-20-15(24)21-10-11-4-2-5-12(8-11)14-22-13(23-25-14)9-16(17,18)19/h2,4-5,8H,3,6-7,9-10H2,1H3,(H,20,21). The Morgan fingerprint density at radius 2 is 2.16 bits per heavy atom. The van der Waals surface area contributed by atoms with Crippen molar-refractivity contribution < 1.29 is 17.7 Å². The van der Waals surface area contributed by atoms with Gasteiger partial charge in [0.2, 0.25) is 0 Å². The van der Waals surface area contributed by atoms with Crippen LogP contribution in [0.3, 0.4) is 0 Å². The Morgan fingerprint density at radius 3 is 2.92 bits per heavy atom. The summed E-state index contributed by atoms with van der Waals surface area (Å²) in [6, 6.07) is 7.24. The lowest BCUT2D eigenvalue weighted by molar-refractivity contribution is -0.128. The maximum absolute atomic E-state index is 12.4. The van der Waals surface area contributed by atoms with E-state index >= 15 is 0 Å². The quantitative estimate of drug-likeness (QED) is 0.915. The molecule has 1 aliphatic heterocycles. The van der Waals surface area contributed by atoms with E-state index in [0.717, 1.165) is 31.0 Å². The number of nitrogens with one attached hydrogen (secondary N) is 1. The van der Waals surface area contributed by atoms with Gasteiger partial charge in [0, 0.05) is 32.2 Å². The maximum atomic E-state index is 12.4. The van der Waals surface area contributed by atoms with Crippen molar-refractivity contribution in [3.05, 3.63) is 35.7 Å². The van der Waals surface area contributed by atoms with Crippen LogP contribution in [0.4, 0.5) is 13.2 Å². The number of halogens is 3. The van der Waals surface area contributed by atoms with Gasteiger partial charge >= 0.3 is 6.18 Å². The Bertz CT molecular complexity index is 756. The van der Waals surface area contributed by atoms with E-state index in [1.54, 1.807) is 18.2 Å². The number of benzene rings is 1. The molecule has 25 heavy (non-hydrogen) atoms. The largest absolute Gasteiger partial charge is 0.396 e. The predicted molar refractivity (Wildman–Crippen MR) is 85.9 cm³/mol. The molecule has 2 aromatic rings. The molecule has 0 fully saturated rings. The number of nitrogens with zero attached hydrogens (tertiary/aromatic N) is 4. The normalized spacial score (nSPS) is 15.2. The fourth-order valence-electron chi connectivity index (χ4n) is 2.53. The molecule has 0 bridgehead atoms. The second-order valence-electron chi connectivity index (χ2n) is 5.84. The zero-order chi connectivity index (χ0) is 17.9. The average molecular weight is 353 g/mol. The average Bonchev–Trinajstić information content (AvgIpc) is 3.01. The first-order valence-corrected chi connectivity index (χ1v) is 7.89. The molecule has 1 aliphatic rings. The molecule has 134 valence electrons. The number of aliphatic imine (C=N–C) groups is 1. The van der Waals surface area contributed by atoms with Gasteiger partial charge in [0.15, 0.2) is 11.8 Å². The van der Waals surface area contributed by atoms with Crippen LogP contribution in [0, 0.1) is 0 Å². The van der Waals surface area contributed by atoms with Gasteiger partial charge in [-0.15, -0.1) is 0 Å². The van der Waals surface area contributed by atoms with Crippen LogP contribution in [0.2, 0.25) is 0 Å². The number of aromatic nitrogens is 2. The number of guanidine groups is 1. The van der Waals surface area contributed by atoms with E-state index in [1.807, 2.05) is 13.1 Å². The number of rotatable bonds is 4. The Morgan fingerprint density at radius 1 is 1.32 bits per heavy atom. The van der Waals surface area contributed by atoms with E-state index in [9.17, 15) is 13.2 Å². The molecular weight excluding hydrogens is 335 g/mol. The highest BCUT2D eigenvalue weighted by Crippen LogP contribution is 2.23. The molecule has 0 aliphatic carbocycles. The van der Waals surface area contributed by atoms with Gasteiger partial charge < -0.3 is 14.7 Å². The Kier molecular flexibility index (Phi) is 4.91. The molecule has 2 heterocycles. The van der Waals surface area contributed by atoms with Crippen molar-refractivity contribution in [3.8, 4) is 11.5 Å². The molecule has 0 spiro atoms. The minimum absolute atomic E-state index is 0.0771. The third kappa shape index (κ3) is 4.71. The third-order valence-electron chi connectivity index (χ3n) is 3.73. The number of alkyl halides is 3. The van der Waals surface area contributed by atoms with E-state index in [2.05, 4.69) is 25.3 Å². The highest BCUT2D eigenvalue weighted by Gasteiger charge is 2.30. The van der Waals surface area contributed by atoms with E-state index < -0.39 is 12.6 Å². The molecule has 0 saturated heterocycles. The molecule has 0 unspecified atom stereocenters. The van der Waals surface area contributed by atoms with Gasteiger partial charge in [0.05, 0.1) is 0 Å². The van der Waals surface area contributed by atoms with Crippen molar-refractivity contribution in [2.45, 2.75) is 25.6 Å². The molecule has 1 aromatic heterocycles. The van der Waals surface area contributed by atoms with Crippen molar-refractivity contribution in [3.63, 3.8) is 0 Å². The molecule has 1 N–H and O–H groups in total. The zero-order valence-corrected chi connectivity index (χ0v) is 13.7. The zero-order valence-electron chi connectivity index (χ0n) is 13.7. The first-order chi connectivity index (χ1) is 11.9. The van der Waals surface area contributed by atoms with Gasteiger partial charge in [0.1, 0.15) is 6.42 Å². The van der Waals surface area contributed by atoms with Gasteiger partial charge in [-0.05, 0) is 24.1 Å². The molecule has 9 heteroatoms. The van der Waals surface area contributed by atoms with Crippen LogP contribution in [0.25, 0.3) is 11.5 Å². The van der Waals surface area contributed by atoms with Crippen LogP contribution in [-0.4, -0.2) is 47.3 Å². The summed E-state index contributed by atoms with van der Waals surface area (Å²) in [7, 11) is 1.97. The van der Waals surface area contributed by atoms with Crippen molar-refractivity contribution in [2.24, 2.45) is 4.99 Å². The summed E-state index contributed by atoms with van der Waals surface area (Å²) >= 11 is 0. The summed E-state index contributed by atoms with van der Waals surface area (Å²) < 4.78 is 42.1. The summed E-state index contributed by atoms with van der Waals surface area (Å²) in [5.41, 5.74) is 1.52.